The Kier molecular flexibility index (Phi) is 4.69. The molecule has 12 aromatic rings. The van der Waals surface area contributed by atoms with Gasteiger partial charge in [0.05, 0.1) is 38.8 Å². The zero-order chi connectivity index (χ0) is 31.8. The van der Waals surface area contributed by atoms with E-state index in [-0.39, 0.29) is 0 Å². The van der Waals surface area contributed by atoms with Crippen molar-refractivity contribution in [3.05, 3.63) is 158 Å². The first-order valence-electron chi connectivity index (χ1n) is 16.8. The van der Waals surface area contributed by atoms with E-state index < -0.39 is 0 Å². The van der Waals surface area contributed by atoms with Crippen LogP contribution in [-0.4, -0.2) is 13.8 Å². The van der Waals surface area contributed by atoms with Crippen LogP contribution in [0.15, 0.2) is 158 Å². The molecule has 4 heteroatoms. The highest BCUT2D eigenvalue weighted by molar-refractivity contribution is 6.30. The SMILES string of the molecule is c1ccc(N(c2ccccc2)c2cccc3c4cccc5c6cc7c(nc6n(c23)c54)c2cccc3c4c5ccccc5ccc4n7c23)cc1. The van der Waals surface area contributed by atoms with Crippen LogP contribution in [0.2, 0.25) is 0 Å². The molecular formula is C45H26N4. The molecule has 0 aliphatic rings. The van der Waals surface area contributed by atoms with Crippen molar-refractivity contribution in [2.75, 3.05) is 4.90 Å². The van der Waals surface area contributed by atoms with Crippen LogP contribution in [0.4, 0.5) is 17.1 Å². The van der Waals surface area contributed by atoms with E-state index in [1.165, 1.54) is 65.0 Å². The van der Waals surface area contributed by atoms with Gasteiger partial charge >= 0.3 is 0 Å². The molecule has 5 heterocycles. The van der Waals surface area contributed by atoms with Gasteiger partial charge in [0.1, 0.15) is 5.65 Å². The molecule has 0 fully saturated rings. The number of fused-ring (bicyclic) bond motifs is 14. The number of nitrogens with zero attached hydrogens (tertiary/aromatic N) is 4. The molecular weight excluding hydrogens is 597 g/mol. The van der Waals surface area contributed by atoms with Gasteiger partial charge < -0.3 is 9.30 Å². The Morgan fingerprint density at radius 2 is 1.00 bits per heavy atom. The summed E-state index contributed by atoms with van der Waals surface area (Å²) in [5.74, 6) is 0. The second-order valence-electron chi connectivity index (χ2n) is 13.2. The summed E-state index contributed by atoms with van der Waals surface area (Å²) in [5.41, 5.74) is 11.4. The van der Waals surface area contributed by atoms with Crippen LogP contribution < -0.4 is 4.90 Å². The monoisotopic (exact) mass is 622 g/mol. The minimum atomic E-state index is 0.992. The van der Waals surface area contributed by atoms with E-state index in [0.717, 1.165) is 39.3 Å². The lowest BCUT2D eigenvalue weighted by molar-refractivity contribution is 1.25. The molecule has 0 saturated heterocycles. The molecule has 0 bridgehead atoms. The molecule has 0 N–H and O–H groups in total. The van der Waals surface area contributed by atoms with Gasteiger partial charge in [0.2, 0.25) is 0 Å². The number of pyridine rings is 1. The number of hydrogen-bond donors (Lipinski definition) is 0. The summed E-state index contributed by atoms with van der Waals surface area (Å²) in [4.78, 5) is 8.02. The Morgan fingerprint density at radius 3 is 1.78 bits per heavy atom. The first-order valence-corrected chi connectivity index (χ1v) is 16.8. The van der Waals surface area contributed by atoms with E-state index in [2.05, 4.69) is 171 Å². The van der Waals surface area contributed by atoms with E-state index in [1.54, 1.807) is 0 Å². The van der Waals surface area contributed by atoms with Crippen LogP contribution >= 0.6 is 0 Å². The molecule has 0 saturated carbocycles. The van der Waals surface area contributed by atoms with Gasteiger partial charge in [0.25, 0.3) is 0 Å². The van der Waals surface area contributed by atoms with E-state index in [1.807, 2.05) is 0 Å². The van der Waals surface area contributed by atoms with Gasteiger partial charge in [-0.05, 0) is 53.2 Å². The normalized spacial score (nSPS) is 12.5. The third-order valence-corrected chi connectivity index (χ3v) is 10.7. The van der Waals surface area contributed by atoms with Crippen LogP contribution in [0.5, 0.6) is 0 Å². The third kappa shape index (κ3) is 3.12. The number of rotatable bonds is 3. The molecule has 226 valence electrons. The molecule has 0 radical (unpaired) electrons. The molecule has 0 aliphatic carbocycles. The van der Waals surface area contributed by atoms with E-state index in [9.17, 15) is 0 Å². The third-order valence-electron chi connectivity index (χ3n) is 10.7. The zero-order valence-electron chi connectivity index (χ0n) is 26.3. The molecule has 49 heavy (non-hydrogen) atoms. The lowest BCUT2D eigenvalue weighted by Gasteiger charge is -2.26. The summed E-state index contributed by atoms with van der Waals surface area (Å²) < 4.78 is 4.89. The van der Waals surface area contributed by atoms with Gasteiger partial charge in [0.15, 0.2) is 0 Å². The van der Waals surface area contributed by atoms with Gasteiger partial charge in [-0.25, -0.2) is 4.98 Å². The molecule has 12 rings (SSSR count). The van der Waals surface area contributed by atoms with Gasteiger partial charge in [0, 0.05) is 49.1 Å². The Morgan fingerprint density at radius 1 is 0.408 bits per heavy atom. The highest BCUT2D eigenvalue weighted by Crippen LogP contribution is 2.47. The molecule has 5 aromatic heterocycles. The first-order chi connectivity index (χ1) is 24.3. The second-order valence-corrected chi connectivity index (χ2v) is 13.2. The Bertz CT molecular complexity index is 3220. The van der Waals surface area contributed by atoms with Gasteiger partial charge in [-0.15, -0.1) is 0 Å². The van der Waals surface area contributed by atoms with Crippen molar-refractivity contribution in [3.63, 3.8) is 0 Å². The minimum absolute atomic E-state index is 0.992. The minimum Gasteiger partial charge on any atom is -0.308 e. The lowest BCUT2D eigenvalue weighted by Crippen LogP contribution is -2.10. The predicted molar refractivity (Wildman–Crippen MR) is 206 cm³/mol. The molecule has 0 spiro atoms. The zero-order valence-corrected chi connectivity index (χ0v) is 26.3. The quantitative estimate of drug-likeness (QED) is 0.196. The van der Waals surface area contributed by atoms with Crippen LogP contribution in [-0.2, 0) is 0 Å². The summed E-state index contributed by atoms with van der Waals surface area (Å²) in [6, 6.07) is 57.2. The number of anilines is 3. The van der Waals surface area contributed by atoms with Crippen molar-refractivity contribution in [1.29, 1.82) is 0 Å². The van der Waals surface area contributed by atoms with Crippen molar-refractivity contribution in [2.45, 2.75) is 0 Å². The highest BCUT2D eigenvalue weighted by Gasteiger charge is 2.26. The van der Waals surface area contributed by atoms with E-state index in [0.29, 0.717) is 0 Å². The van der Waals surface area contributed by atoms with Gasteiger partial charge in [-0.3, -0.25) is 4.40 Å². The van der Waals surface area contributed by atoms with Crippen molar-refractivity contribution in [2.24, 2.45) is 0 Å². The van der Waals surface area contributed by atoms with Gasteiger partial charge in [-0.2, -0.15) is 0 Å². The fraction of sp³-hybridized carbons (Fsp3) is 0. The van der Waals surface area contributed by atoms with Crippen molar-refractivity contribution in [1.82, 2.24) is 13.8 Å². The topological polar surface area (TPSA) is 25.0 Å². The fourth-order valence-corrected chi connectivity index (χ4v) is 8.80. The number of hydrogen-bond acceptors (Lipinski definition) is 2. The Balaban J connectivity index is 1.26. The molecule has 7 aromatic carbocycles. The predicted octanol–water partition coefficient (Wildman–Crippen LogP) is 12.0. The summed E-state index contributed by atoms with van der Waals surface area (Å²) in [6.07, 6.45) is 0. The largest absolute Gasteiger partial charge is 0.308 e. The highest BCUT2D eigenvalue weighted by atomic mass is 15.2. The van der Waals surface area contributed by atoms with Crippen LogP contribution in [0.25, 0.3) is 87.2 Å². The van der Waals surface area contributed by atoms with Crippen LogP contribution in [0.3, 0.4) is 0 Å². The van der Waals surface area contributed by atoms with Crippen molar-refractivity contribution in [3.8, 4) is 0 Å². The second kappa shape index (κ2) is 9.03. The van der Waals surface area contributed by atoms with E-state index in [4.69, 9.17) is 4.98 Å². The van der Waals surface area contributed by atoms with Crippen LogP contribution in [0, 0.1) is 0 Å². The maximum absolute atomic E-state index is 5.65. The van der Waals surface area contributed by atoms with Crippen molar-refractivity contribution >= 4 is 104 Å². The first kappa shape index (κ1) is 25.4. The average Bonchev–Trinajstić information content (AvgIpc) is 3.89. The molecule has 4 nitrogen and oxygen atoms in total. The average molecular weight is 623 g/mol. The number of aromatic nitrogens is 3. The maximum atomic E-state index is 5.65. The molecule has 0 amide bonds. The van der Waals surface area contributed by atoms with Crippen molar-refractivity contribution < 1.29 is 0 Å². The lowest BCUT2D eigenvalue weighted by atomic mass is 10.0. The summed E-state index contributed by atoms with van der Waals surface area (Å²) in [7, 11) is 0. The Labute approximate surface area is 279 Å². The summed E-state index contributed by atoms with van der Waals surface area (Å²) >= 11 is 0. The smallest absolute Gasteiger partial charge is 0.146 e. The number of benzene rings is 7. The van der Waals surface area contributed by atoms with Gasteiger partial charge in [-0.1, -0.05) is 115 Å². The summed E-state index contributed by atoms with van der Waals surface area (Å²) in [5, 5.41) is 11.2. The molecule has 0 unspecified atom stereocenters. The molecule has 0 atom stereocenters. The fourth-order valence-electron chi connectivity index (χ4n) is 8.80. The molecule has 0 aliphatic heterocycles. The van der Waals surface area contributed by atoms with Crippen LogP contribution in [0.1, 0.15) is 0 Å². The van der Waals surface area contributed by atoms with E-state index >= 15 is 0 Å². The maximum Gasteiger partial charge on any atom is 0.146 e. The number of para-hydroxylation sites is 5. The summed E-state index contributed by atoms with van der Waals surface area (Å²) in [6.45, 7) is 0. The standard InChI is InChI=1S/C45H26N4/c1-3-13-28(14-4-1)47(29-15-5-2-6-16-29)38-23-11-20-32-31-18-9-19-33-36-26-39-41(46-45(36)49(42(31)33)44(32)38)35-22-10-21-34-40-30-17-8-7-12-27(30)24-25-37(40)48(39)43(34)35/h1-26H. The Hall–Kier alpha value is -6.65.